The molecule has 0 spiro atoms. The van der Waals surface area contributed by atoms with Gasteiger partial charge in [0.25, 0.3) is 0 Å². The molecule has 0 aromatic rings. The maximum atomic E-state index is 11.0. The molecule has 1 aliphatic carbocycles. The molecule has 1 fully saturated rings. The average molecular weight is 232 g/mol. The summed E-state index contributed by atoms with van der Waals surface area (Å²) in [5.74, 6) is 0.665. The monoisotopic (exact) mass is 232 g/mol. The van der Waals surface area contributed by atoms with Gasteiger partial charge in [-0.3, -0.25) is 0 Å². The van der Waals surface area contributed by atoms with Crippen LogP contribution < -0.4 is 0 Å². The molecular formula is C11H20O3S. The van der Waals surface area contributed by atoms with E-state index in [0.29, 0.717) is 18.1 Å². The van der Waals surface area contributed by atoms with E-state index in [-0.39, 0.29) is 10.8 Å². The van der Waals surface area contributed by atoms with Crippen LogP contribution in [0.4, 0.5) is 0 Å². The SMILES string of the molecule is CC1(C)[C@@H](CC=O)CC[C@]1(C)CS(=O)O. The fourth-order valence-corrected chi connectivity index (χ4v) is 3.79. The molecular weight excluding hydrogens is 212 g/mol. The lowest BCUT2D eigenvalue weighted by Gasteiger charge is -2.40. The van der Waals surface area contributed by atoms with E-state index >= 15 is 0 Å². The molecule has 1 rings (SSSR count). The van der Waals surface area contributed by atoms with Crippen molar-refractivity contribution in [2.24, 2.45) is 16.7 Å². The summed E-state index contributed by atoms with van der Waals surface area (Å²) in [7, 11) is 0. The normalized spacial score (nSPS) is 36.4. The van der Waals surface area contributed by atoms with Gasteiger partial charge in [-0.05, 0) is 29.6 Å². The summed E-state index contributed by atoms with van der Waals surface area (Å²) in [6, 6.07) is 0. The van der Waals surface area contributed by atoms with E-state index in [1.54, 1.807) is 0 Å². The fraction of sp³-hybridized carbons (Fsp3) is 0.909. The smallest absolute Gasteiger partial charge is 0.153 e. The molecule has 1 aliphatic rings. The minimum absolute atomic E-state index is 0.0354. The quantitative estimate of drug-likeness (QED) is 0.597. The third kappa shape index (κ3) is 2.31. The number of carbonyl (C=O) groups excluding carboxylic acids is 1. The van der Waals surface area contributed by atoms with Gasteiger partial charge in [-0.2, -0.15) is 0 Å². The van der Waals surface area contributed by atoms with Gasteiger partial charge in [-0.1, -0.05) is 20.8 Å². The molecule has 15 heavy (non-hydrogen) atoms. The van der Waals surface area contributed by atoms with Crippen molar-refractivity contribution < 1.29 is 13.6 Å². The van der Waals surface area contributed by atoms with Crippen molar-refractivity contribution in [3.63, 3.8) is 0 Å². The molecule has 1 saturated carbocycles. The predicted octanol–water partition coefficient (Wildman–Crippen LogP) is 2.24. The van der Waals surface area contributed by atoms with Gasteiger partial charge < -0.3 is 9.35 Å². The van der Waals surface area contributed by atoms with Gasteiger partial charge in [0.05, 0.1) is 5.75 Å². The van der Waals surface area contributed by atoms with Gasteiger partial charge in [0.1, 0.15) is 6.29 Å². The predicted molar refractivity (Wildman–Crippen MR) is 60.9 cm³/mol. The average Bonchev–Trinajstić information content (AvgIpc) is 2.28. The molecule has 0 radical (unpaired) electrons. The molecule has 0 aliphatic heterocycles. The maximum absolute atomic E-state index is 11.0. The van der Waals surface area contributed by atoms with Crippen LogP contribution in [0.3, 0.4) is 0 Å². The molecule has 3 atom stereocenters. The Morgan fingerprint density at radius 2 is 2.07 bits per heavy atom. The van der Waals surface area contributed by atoms with E-state index in [4.69, 9.17) is 4.55 Å². The zero-order valence-electron chi connectivity index (χ0n) is 9.66. The van der Waals surface area contributed by atoms with E-state index in [2.05, 4.69) is 20.8 Å². The largest absolute Gasteiger partial charge is 0.306 e. The van der Waals surface area contributed by atoms with E-state index in [9.17, 15) is 9.00 Å². The van der Waals surface area contributed by atoms with Crippen LogP contribution in [0, 0.1) is 16.7 Å². The number of aldehydes is 1. The highest BCUT2D eigenvalue weighted by molar-refractivity contribution is 7.79. The Morgan fingerprint density at radius 1 is 1.47 bits per heavy atom. The molecule has 0 aromatic heterocycles. The van der Waals surface area contributed by atoms with E-state index in [0.717, 1.165) is 19.1 Å². The van der Waals surface area contributed by atoms with Gasteiger partial charge in [-0.25, -0.2) is 4.21 Å². The first kappa shape index (κ1) is 12.8. The summed E-state index contributed by atoms with van der Waals surface area (Å²) in [5, 5.41) is 0. The van der Waals surface area contributed by atoms with Crippen LogP contribution in [0.2, 0.25) is 0 Å². The number of hydrogen-bond acceptors (Lipinski definition) is 2. The van der Waals surface area contributed by atoms with Crippen LogP contribution in [-0.4, -0.2) is 20.8 Å². The van der Waals surface area contributed by atoms with Crippen LogP contribution >= 0.6 is 0 Å². The van der Waals surface area contributed by atoms with Crippen molar-refractivity contribution >= 4 is 17.4 Å². The van der Waals surface area contributed by atoms with Crippen molar-refractivity contribution in [1.82, 2.24) is 0 Å². The van der Waals surface area contributed by atoms with Gasteiger partial charge in [-0.15, -0.1) is 0 Å². The lowest BCUT2D eigenvalue weighted by Crippen LogP contribution is -2.38. The number of rotatable bonds is 4. The summed E-state index contributed by atoms with van der Waals surface area (Å²) in [4.78, 5) is 10.6. The minimum atomic E-state index is -1.75. The molecule has 0 amide bonds. The molecule has 0 aromatic carbocycles. The van der Waals surface area contributed by atoms with Crippen LogP contribution in [0.25, 0.3) is 0 Å². The Kier molecular flexibility index (Phi) is 3.71. The summed E-state index contributed by atoms with van der Waals surface area (Å²) < 4.78 is 20.0. The molecule has 88 valence electrons. The number of hydrogen-bond donors (Lipinski definition) is 1. The Hall–Kier alpha value is -0.220. The Balaban J connectivity index is 2.85. The fourth-order valence-electron chi connectivity index (χ4n) is 2.73. The molecule has 0 bridgehead atoms. The topological polar surface area (TPSA) is 54.4 Å². The van der Waals surface area contributed by atoms with Crippen molar-refractivity contribution in [3.05, 3.63) is 0 Å². The second kappa shape index (κ2) is 4.34. The molecule has 1 unspecified atom stereocenters. The zero-order valence-corrected chi connectivity index (χ0v) is 10.5. The second-order valence-electron chi connectivity index (χ2n) is 5.39. The Labute approximate surface area is 93.9 Å². The standard InChI is InChI=1S/C11H20O3S/c1-10(2)9(5-7-12)4-6-11(10,3)8-15(13)14/h7,9H,4-6,8H2,1-3H3,(H,13,14)/t9-,11-/m1/s1. The summed E-state index contributed by atoms with van der Waals surface area (Å²) in [5.41, 5.74) is -0.160. The first-order valence-corrected chi connectivity index (χ1v) is 6.62. The van der Waals surface area contributed by atoms with E-state index < -0.39 is 11.1 Å². The minimum Gasteiger partial charge on any atom is -0.306 e. The first-order chi connectivity index (χ1) is 6.83. The second-order valence-corrected chi connectivity index (χ2v) is 6.32. The van der Waals surface area contributed by atoms with Gasteiger partial charge in [0, 0.05) is 6.42 Å². The van der Waals surface area contributed by atoms with Crippen molar-refractivity contribution in [1.29, 1.82) is 0 Å². The van der Waals surface area contributed by atoms with Crippen LogP contribution in [0.15, 0.2) is 0 Å². The zero-order chi connectivity index (χ0) is 11.7. The highest BCUT2D eigenvalue weighted by Crippen LogP contribution is 2.56. The molecule has 3 nitrogen and oxygen atoms in total. The van der Waals surface area contributed by atoms with Gasteiger partial charge in [0.2, 0.25) is 0 Å². The first-order valence-electron chi connectivity index (χ1n) is 5.34. The third-order valence-corrected chi connectivity index (χ3v) is 5.33. The van der Waals surface area contributed by atoms with E-state index in [1.165, 1.54) is 0 Å². The van der Waals surface area contributed by atoms with Crippen LogP contribution in [0.1, 0.15) is 40.0 Å². The molecule has 1 N–H and O–H groups in total. The number of carbonyl (C=O) groups is 1. The lowest BCUT2D eigenvalue weighted by atomic mass is 9.66. The molecule has 0 heterocycles. The molecule has 0 saturated heterocycles. The van der Waals surface area contributed by atoms with Crippen molar-refractivity contribution in [3.8, 4) is 0 Å². The summed E-state index contributed by atoms with van der Waals surface area (Å²) in [6.45, 7) is 6.29. The van der Waals surface area contributed by atoms with E-state index in [1.807, 2.05) is 0 Å². The van der Waals surface area contributed by atoms with Gasteiger partial charge in [0.15, 0.2) is 11.1 Å². The summed E-state index contributed by atoms with van der Waals surface area (Å²) in [6.07, 6.45) is 3.46. The van der Waals surface area contributed by atoms with Crippen molar-refractivity contribution in [2.45, 2.75) is 40.0 Å². The highest BCUT2D eigenvalue weighted by atomic mass is 32.2. The van der Waals surface area contributed by atoms with Crippen molar-refractivity contribution in [2.75, 3.05) is 5.75 Å². The third-order valence-electron chi connectivity index (χ3n) is 4.44. The van der Waals surface area contributed by atoms with Crippen LogP contribution in [-0.2, 0) is 15.9 Å². The summed E-state index contributed by atoms with van der Waals surface area (Å²) >= 11 is -1.75. The highest BCUT2D eigenvalue weighted by Gasteiger charge is 2.51. The lowest BCUT2D eigenvalue weighted by molar-refractivity contribution is -0.109. The maximum Gasteiger partial charge on any atom is 0.153 e. The molecule has 4 heteroatoms. The van der Waals surface area contributed by atoms with Crippen LogP contribution in [0.5, 0.6) is 0 Å². The Morgan fingerprint density at radius 3 is 2.53 bits per heavy atom. The Bertz CT molecular complexity index is 275. The van der Waals surface area contributed by atoms with Gasteiger partial charge >= 0.3 is 0 Å².